The van der Waals surface area contributed by atoms with Gasteiger partial charge in [-0.2, -0.15) is 16.8 Å². The summed E-state index contributed by atoms with van der Waals surface area (Å²) in [6.07, 6.45) is 0. The third-order valence-electron chi connectivity index (χ3n) is 5.82. The van der Waals surface area contributed by atoms with E-state index in [0.29, 0.717) is 16.3 Å². The number of hydrogen-bond donors (Lipinski definition) is 4. The topological polar surface area (TPSA) is 319 Å². The number of methoxy groups -OCH3 is 1. The minimum Gasteiger partial charge on any atom is -0.505 e. The predicted octanol–water partition coefficient (Wildman–Crippen LogP) is 4.14. The lowest BCUT2D eigenvalue weighted by Crippen LogP contribution is -2.06. The van der Waals surface area contributed by atoms with Crippen LogP contribution in [0, 0.1) is 6.92 Å². The second-order valence-corrected chi connectivity index (χ2v) is 12.8. The zero-order chi connectivity index (χ0) is 38.0. The quantitative estimate of drug-likeness (QED) is 0.144. The maximum Gasteiger partial charge on any atom is 0.425 e. The van der Waals surface area contributed by atoms with Crippen LogP contribution in [-0.4, -0.2) is 69.3 Å². The first-order valence-corrected chi connectivity index (χ1v) is 17.7. The van der Waals surface area contributed by atoms with Crippen LogP contribution in [0.3, 0.4) is 0 Å². The number of hydrogen-bond acceptors (Lipinski definition) is 17. The van der Waals surface area contributed by atoms with E-state index in [1.54, 1.807) is 6.92 Å². The highest BCUT2D eigenvalue weighted by molar-refractivity contribution is 7.86. The van der Waals surface area contributed by atoms with Crippen molar-refractivity contribution in [3.63, 3.8) is 0 Å². The molecule has 1 amide bonds. The number of nitrogens with one attached hydrogen (secondary N) is 1. The molecule has 0 fully saturated rings. The number of anilines is 1. The predicted molar refractivity (Wildman–Crippen MR) is 171 cm³/mol. The summed E-state index contributed by atoms with van der Waals surface area (Å²) < 4.78 is 121. The number of fused-ring (bicyclic) bond motifs is 1. The van der Waals surface area contributed by atoms with Crippen LogP contribution in [0.15, 0.2) is 90.9 Å². The van der Waals surface area contributed by atoms with E-state index in [1.165, 1.54) is 68.6 Å². The average Bonchev–Trinajstić information content (AvgIpc) is 2.98. The van der Waals surface area contributed by atoms with Gasteiger partial charge in [0.05, 0.1) is 17.7 Å². The highest BCUT2D eigenvalue weighted by Gasteiger charge is 2.18. The number of nitrogens with zero attached hydrogens (tertiary/aromatic N) is 4. The molecule has 0 saturated heterocycles. The molecule has 4 rings (SSSR count). The van der Waals surface area contributed by atoms with E-state index >= 15 is 0 Å². The summed E-state index contributed by atoms with van der Waals surface area (Å²) in [7, 11) is -13.9. The van der Waals surface area contributed by atoms with Crippen LogP contribution in [0.1, 0.15) is 12.5 Å². The van der Waals surface area contributed by atoms with E-state index in [-0.39, 0.29) is 44.8 Å². The number of phenolic OH excluding ortho intramolecular Hbond substituents is 1. The van der Waals surface area contributed by atoms with Gasteiger partial charge in [-0.3, -0.25) is 13.9 Å². The minimum absolute atomic E-state index is 0.0268. The molecule has 0 saturated carbocycles. The summed E-state index contributed by atoms with van der Waals surface area (Å²) in [5, 5.41) is 30.3. The summed E-state index contributed by atoms with van der Waals surface area (Å²) >= 11 is 0. The van der Waals surface area contributed by atoms with Gasteiger partial charge in [0.15, 0.2) is 5.75 Å². The van der Waals surface area contributed by atoms with Crippen molar-refractivity contribution in [1.82, 2.24) is 0 Å². The van der Waals surface area contributed by atoms with E-state index in [2.05, 4.69) is 25.8 Å². The first kappa shape index (κ1) is 40.6. The molecule has 0 aromatic heterocycles. The summed E-state index contributed by atoms with van der Waals surface area (Å²) in [6.45, 7) is 2.81. The molecule has 0 aliphatic rings. The summed E-state index contributed by atoms with van der Waals surface area (Å²) in [4.78, 5) is 11.1. The molecule has 24 heteroatoms. The molecular formula is C26H23N5O15S4. The molecule has 4 aromatic rings. The Bertz CT molecular complexity index is 2430. The molecule has 4 N–H and O–H groups in total. The van der Waals surface area contributed by atoms with Gasteiger partial charge in [-0.15, -0.1) is 45.7 Å². The summed E-state index contributed by atoms with van der Waals surface area (Å²) in [5.74, 6) is -0.636. The van der Waals surface area contributed by atoms with Crippen LogP contribution < -0.4 is 10.1 Å². The Kier molecular flexibility index (Phi) is 14.0. The third kappa shape index (κ3) is 11.9. The number of aromatic hydroxyl groups is 1. The van der Waals surface area contributed by atoms with Crippen LogP contribution in [0.2, 0.25) is 0 Å². The van der Waals surface area contributed by atoms with Crippen molar-refractivity contribution >= 4 is 86.6 Å². The largest absolute Gasteiger partial charge is 0.505 e. The Labute approximate surface area is 285 Å². The van der Waals surface area contributed by atoms with Gasteiger partial charge in [0.25, 0.3) is 20.2 Å². The van der Waals surface area contributed by atoms with Gasteiger partial charge in [0, 0.05) is 18.4 Å². The highest BCUT2D eigenvalue weighted by Crippen LogP contribution is 2.42. The normalized spacial score (nSPS) is 11.3. The van der Waals surface area contributed by atoms with Crippen molar-refractivity contribution < 1.29 is 65.8 Å². The molecule has 0 spiro atoms. The zero-order valence-corrected chi connectivity index (χ0v) is 28.7. The lowest BCUT2D eigenvalue weighted by molar-refractivity contribution is -0.114. The maximum atomic E-state index is 11.9. The second kappa shape index (κ2) is 17.2. The number of phenols is 1. The lowest BCUT2D eigenvalue weighted by atomic mass is 10.0. The summed E-state index contributed by atoms with van der Waals surface area (Å²) in [6, 6.07) is 13.4. The Morgan fingerprint density at radius 2 is 1.28 bits per heavy atom. The van der Waals surface area contributed by atoms with Gasteiger partial charge >= 0.3 is 21.2 Å². The third-order valence-corrected chi connectivity index (χ3v) is 7.55. The first-order chi connectivity index (χ1) is 23.1. The Morgan fingerprint density at radius 1 is 0.740 bits per heavy atom. The molecule has 20 nitrogen and oxygen atoms in total. The van der Waals surface area contributed by atoms with Crippen molar-refractivity contribution in [1.29, 1.82) is 0 Å². The molecule has 0 aliphatic carbocycles. The Morgan fingerprint density at radius 3 is 1.82 bits per heavy atom. The number of azo groups is 2. The van der Waals surface area contributed by atoms with Crippen molar-refractivity contribution in [2.75, 3.05) is 12.4 Å². The standard InChI is InChI=1S/C26H23N5O9S2.2O3S/c1-14-10-17(41(34,35)36)11-16-8-9-19(26(33)25(14)16)29-31-22-12-20(27-15(2)32)21(13-23(22)40-3)30-28-18-6-4-5-7-24(18)42(37,38)39;2*1-4(2)3/h4-13,33H,1-3H3,(H,27,32)(H,34,35,36)(H,37,38,39);;. The van der Waals surface area contributed by atoms with Gasteiger partial charge in [-0.1, -0.05) is 18.2 Å². The molecule has 0 unspecified atom stereocenters. The number of carbonyl (C=O) groups excluding carboxylic acids is 1. The smallest absolute Gasteiger partial charge is 0.425 e. The Hall–Kier alpha value is -5.53. The van der Waals surface area contributed by atoms with Crippen LogP contribution in [-0.2, 0) is 46.2 Å². The van der Waals surface area contributed by atoms with Gasteiger partial charge in [-0.05, 0) is 54.3 Å². The molecule has 4 aromatic carbocycles. The van der Waals surface area contributed by atoms with Crippen LogP contribution >= 0.6 is 0 Å². The first-order valence-electron chi connectivity index (χ1n) is 12.8. The van der Waals surface area contributed by atoms with Crippen molar-refractivity contribution in [2.24, 2.45) is 20.5 Å². The minimum atomic E-state index is -4.58. The number of aryl methyl sites for hydroxylation is 1. The van der Waals surface area contributed by atoms with Crippen LogP contribution in [0.5, 0.6) is 11.5 Å². The summed E-state index contributed by atoms with van der Waals surface area (Å²) in [5.41, 5.74) is 0.523. The number of benzene rings is 4. The average molecular weight is 774 g/mol. The van der Waals surface area contributed by atoms with E-state index in [9.17, 15) is 35.8 Å². The van der Waals surface area contributed by atoms with Gasteiger partial charge in [-0.25, -0.2) is 0 Å². The van der Waals surface area contributed by atoms with E-state index in [4.69, 9.17) is 30.0 Å². The fourth-order valence-electron chi connectivity index (χ4n) is 3.99. The fourth-order valence-corrected chi connectivity index (χ4v) is 5.21. The number of amides is 1. The van der Waals surface area contributed by atoms with Gasteiger partial charge in [0.1, 0.15) is 33.4 Å². The monoisotopic (exact) mass is 773 g/mol. The Balaban J connectivity index is 0.000000978. The van der Waals surface area contributed by atoms with Crippen LogP contribution in [0.4, 0.5) is 28.4 Å². The van der Waals surface area contributed by atoms with Crippen molar-refractivity contribution in [3.05, 3.63) is 66.2 Å². The SMILES string of the molecule is COc1cc(N=Nc2ccccc2S(=O)(=O)O)c(NC(C)=O)cc1N=Nc1ccc2cc(S(=O)(=O)O)cc(C)c2c1O.O=S(=O)=O.O=S(=O)=O. The van der Waals surface area contributed by atoms with E-state index < -0.39 is 52.3 Å². The van der Waals surface area contributed by atoms with E-state index in [0.717, 1.165) is 6.07 Å². The second-order valence-electron chi connectivity index (χ2n) is 9.22. The molecule has 0 bridgehead atoms. The molecule has 50 heavy (non-hydrogen) atoms. The zero-order valence-electron chi connectivity index (χ0n) is 25.4. The molecule has 0 heterocycles. The number of ether oxygens (including phenoxy) is 1. The van der Waals surface area contributed by atoms with Crippen molar-refractivity contribution in [3.8, 4) is 11.5 Å². The highest BCUT2D eigenvalue weighted by atomic mass is 32.2. The molecule has 0 radical (unpaired) electrons. The fraction of sp³-hybridized carbons (Fsp3) is 0.115. The molecule has 266 valence electrons. The maximum absolute atomic E-state index is 11.9. The lowest BCUT2D eigenvalue weighted by Gasteiger charge is -2.11. The number of carbonyl (C=O) groups is 1. The van der Waals surface area contributed by atoms with E-state index in [1.807, 2.05) is 0 Å². The van der Waals surface area contributed by atoms with Crippen LogP contribution in [0.25, 0.3) is 10.8 Å². The van der Waals surface area contributed by atoms with Gasteiger partial charge in [0.2, 0.25) is 5.91 Å². The molecular weight excluding hydrogens is 751 g/mol. The number of rotatable bonds is 8. The van der Waals surface area contributed by atoms with Gasteiger partial charge < -0.3 is 15.2 Å². The molecule has 0 aliphatic heterocycles. The van der Waals surface area contributed by atoms with Crippen molar-refractivity contribution in [2.45, 2.75) is 23.6 Å². The molecule has 0 atom stereocenters.